The quantitative estimate of drug-likeness (QED) is 0.651. The average Bonchev–Trinajstić information content (AvgIpc) is 3.29. The molecule has 8 heteroatoms. The molecule has 1 saturated carbocycles. The number of hydrogen-bond donors (Lipinski definition) is 1. The Hall–Kier alpha value is -1.51. The molecule has 5 rings (SSSR count). The van der Waals surface area contributed by atoms with E-state index in [2.05, 4.69) is 50.6 Å². The van der Waals surface area contributed by atoms with Crippen LogP contribution in [0.2, 0.25) is 5.02 Å². The minimum atomic E-state index is -0.518. The van der Waals surface area contributed by atoms with Crippen molar-refractivity contribution in [2.45, 2.75) is 44.9 Å². The van der Waals surface area contributed by atoms with Crippen molar-refractivity contribution in [1.82, 2.24) is 19.6 Å². The monoisotopic (exact) mass is 500 g/mol. The molecular formula is C27H41ClN6O. The van der Waals surface area contributed by atoms with Crippen LogP contribution in [0.15, 0.2) is 34.3 Å². The smallest absolute Gasteiger partial charge is 0.115 e. The molecule has 192 valence electrons. The highest BCUT2D eigenvalue weighted by Gasteiger charge is 2.41. The number of hydrogen-bond acceptors (Lipinski definition) is 7. The highest BCUT2D eigenvalue weighted by molar-refractivity contribution is 6.30. The lowest BCUT2D eigenvalue weighted by atomic mass is 9.92. The Bertz CT molecular complexity index is 891. The minimum absolute atomic E-state index is 0.0328. The van der Waals surface area contributed by atoms with Crippen molar-refractivity contribution in [3.8, 4) is 0 Å². The van der Waals surface area contributed by atoms with Crippen LogP contribution in [0.4, 0.5) is 0 Å². The van der Waals surface area contributed by atoms with Crippen molar-refractivity contribution in [1.29, 1.82) is 0 Å². The van der Waals surface area contributed by atoms with Gasteiger partial charge in [0.05, 0.1) is 6.04 Å². The van der Waals surface area contributed by atoms with Crippen LogP contribution in [-0.4, -0.2) is 115 Å². The molecule has 4 unspecified atom stereocenters. The Balaban J connectivity index is 1.25. The molecule has 0 aromatic heterocycles. The Morgan fingerprint density at radius 1 is 0.971 bits per heavy atom. The van der Waals surface area contributed by atoms with Gasteiger partial charge in [0, 0.05) is 75.8 Å². The number of piperazine rings is 2. The van der Waals surface area contributed by atoms with Gasteiger partial charge in [0.25, 0.3) is 0 Å². The molecule has 1 aromatic rings. The van der Waals surface area contributed by atoms with Gasteiger partial charge in [-0.25, -0.2) is 4.99 Å². The molecule has 1 N–H and O–H groups in total. The summed E-state index contributed by atoms with van der Waals surface area (Å²) >= 11 is 6.19. The predicted molar refractivity (Wildman–Crippen MR) is 144 cm³/mol. The number of likely N-dealkylation sites (N-methyl/N-ethyl adjacent to an activating group) is 1. The Morgan fingerprint density at radius 3 is 2.34 bits per heavy atom. The number of fused-ring (bicyclic) bond motifs is 1. The first-order valence-electron chi connectivity index (χ1n) is 13.5. The average molecular weight is 501 g/mol. The number of rotatable bonds is 6. The number of nitrogens with zero attached hydrogens (tertiary/aromatic N) is 6. The molecule has 7 nitrogen and oxygen atoms in total. The maximum atomic E-state index is 11.7. The van der Waals surface area contributed by atoms with Gasteiger partial charge in [-0.3, -0.25) is 9.89 Å². The third-order valence-electron chi connectivity index (χ3n) is 8.73. The molecule has 1 aromatic carbocycles. The van der Waals surface area contributed by atoms with Crippen LogP contribution in [0, 0.1) is 11.8 Å². The summed E-state index contributed by atoms with van der Waals surface area (Å²) < 4.78 is 0. The molecule has 0 amide bonds. The summed E-state index contributed by atoms with van der Waals surface area (Å²) in [5.74, 6) is 2.36. The third kappa shape index (κ3) is 5.59. The lowest BCUT2D eigenvalue weighted by Gasteiger charge is -2.44. The molecular weight excluding hydrogens is 460 g/mol. The molecule has 0 radical (unpaired) electrons. The van der Waals surface area contributed by atoms with E-state index in [4.69, 9.17) is 16.6 Å². The van der Waals surface area contributed by atoms with Crippen LogP contribution in [-0.2, 0) is 0 Å². The fraction of sp³-hybridized carbons (Fsp3) is 0.704. The number of halogens is 1. The molecule has 5 atom stereocenters. The van der Waals surface area contributed by atoms with E-state index in [0.29, 0.717) is 17.9 Å². The summed E-state index contributed by atoms with van der Waals surface area (Å²) in [7, 11) is 0. The van der Waals surface area contributed by atoms with E-state index < -0.39 is 6.23 Å². The number of aliphatic hydroxyl groups excluding tert-OH is 1. The first-order valence-corrected chi connectivity index (χ1v) is 13.9. The second kappa shape index (κ2) is 11.3. The van der Waals surface area contributed by atoms with E-state index >= 15 is 0 Å². The van der Waals surface area contributed by atoms with E-state index in [1.165, 1.54) is 18.7 Å². The zero-order valence-electron chi connectivity index (χ0n) is 21.3. The van der Waals surface area contributed by atoms with E-state index in [0.717, 1.165) is 76.0 Å². The standard InChI is InChI=1S/C27H41ClN6O/c1-3-31-10-12-32(13-11-31)18-23(21-5-7-22(28)8-6-21)27(35)34-16-14-33(15-17-34)26-25-20(2)4-9-24(25)29-19-30-26/h5-8,19-20,23-25,27,35H,3-4,9-18H2,1-2H3/t20-,23?,24?,25?,27?/m1/s1. The van der Waals surface area contributed by atoms with Crippen molar-refractivity contribution < 1.29 is 5.11 Å². The molecule has 3 fully saturated rings. The van der Waals surface area contributed by atoms with Crippen molar-refractivity contribution >= 4 is 23.8 Å². The van der Waals surface area contributed by atoms with Crippen molar-refractivity contribution in [2.75, 3.05) is 65.4 Å². The van der Waals surface area contributed by atoms with Gasteiger partial charge in [-0.1, -0.05) is 37.6 Å². The Morgan fingerprint density at radius 2 is 1.66 bits per heavy atom. The van der Waals surface area contributed by atoms with Gasteiger partial charge in [-0.2, -0.15) is 0 Å². The molecule has 0 bridgehead atoms. The largest absolute Gasteiger partial charge is 0.378 e. The first-order chi connectivity index (χ1) is 17.0. The lowest BCUT2D eigenvalue weighted by Crippen LogP contribution is -2.56. The highest BCUT2D eigenvalue weighted by atomic mass is 35.5. The number of benzene rings is 1. The second-order valence-corrected chi connectivity index (χ2v) is 11.2. The SMILES string of the molecule is CCN1CCN(CC(c2ccc(Cl)cc2)C(O)N2CCN(C3=NC=NC4CC[C@@H](C)C34)CC2)CC1. The van der Waals surface area contributed by atoms with Gasteiger partial charge in [-0.15, -0.1) is 0 Å². The van der Waals surface area contributed by atoms with Crippen LogP contribution < -0.4 is 0 Å². The zero-order valence-corrected chi connectivity index (χ0v) is 22.0. The Labute approximate surface area is 215 Å². The van der Waals surface area contributed by atoms with Gasteiger partial charge in [-0.05, 0) is 43.0 Å². The number of amidine groups is 1. The van der Waals surface area contributed by atoms with Crippen LogP contribution in [0.1, 0.15) is 38.2 Å². The van der Waals surface area contributed by atoms with Crippen LogP contribution >= 0.6 is 11.6 Å². The minimum Gasteiger partial charge on any atom is -0.378 e. The van der Waals surface area contributed by atoms with Gasteiger partial charge >= 0.3 is 0 Å². The molecule has 0 spiro atoms. The predicted octanol–water partition coefficient (Wildman–Crippen LogP) is 2.85. The number of aliphatic hydroxyl groups is 1. The zero-order chi connectivity index (χ0) is 24.4. The lowest BCUT2D eigenvalue weighted by molar-refractivity contribution is -0.0429. The van der Waals surface area contributed by atoms with Gasteiger partial charge < -0.3 is 19.8 Å². The fourth-order valence-corrected chi connectivity index (χ4v) is 6.57. The Kier molecular flexibility index (Phi) is 8.09. The van der Waals surface area contributed by atoms with E-state index in [9.17, 15) is 5.11 Å². The summed E-state index contributed by atoms with van der Waals surface area (Å²) in [5.41, 5.74) is 1.16. The van der Waals surface area contributed by atoms with Crippen LogP contribution in [0.25, 0.3) is 0 Å². The van der Waals surface area contributed by atoms with Crippen molar-refractivity contribution in [2.24, 2.45) is 21.8 Å². The number of aliphatic imine (C=N–C) groups is 2. The molecule has 2 saturated heterocycles. The van der Waals surface area contributed by atoms with E-state index in [1.807, 2.05) is 12.1 Å². The molecule has 3 aliphatic heterocycles. The maximum absolute atomic E-state index is 11.7. The molecule has 35 heavy (non-hydrogen) atoms. The highest BCUT2D eigenvalue weighted by Crippen LogP contribution is 2.37. The van der Waals surface area contributed by atoms with Crippen LogP contribution in [0.3, 0.4) is 0 Å². The summed E-state index contributed by atoms with van der Waals surface area (Å²) in [6.45, 7) is 14.4. The van der Waals surface area contributed by atoms with Gasteiger partial charge in [0.15, 0.2) is 0 Å². The normalized spacial score (nSPS) is 30.2. The fourth-order valence-electron chi connectivity index (χ4n) is 6.44. The van der Waals surface area contributed by atoms with Gasteiger partial charge in [0.1, 0.15) is 18.4 Å². The maximum Gasteiger partial charge on any atom is 0.115 e. The topological polar surface area (TPSA) is 57.9 Å². The van der Waals surface area contributed by atoms with Gasteiger partial charge in [0.2, 0.25) is 0 Å². The molecule has 4 aliphatic rings. The summed E-state index contributed by atoms with van der Waals surface area (Å²) in [6, 6.07) is 8.49. The molecule has 3 heterocycles. The second-order valence-electron chi connectivity index (χ2n) is 10.7. The van der Waals surface area contributed by atoms with E-state index in [1.54, 1.807) is 6.34 Å². The van der Waals surface area contributed by atoms with Crippen molar-refractivity contribution in [3.05, 3.63) is 34.9 Å². The molecule has 1 aliphatic carbocycles. The summed E-state index contributed by atoms with van der Waals surface area (Å²) in [4.78, 5) is 19.1. The first kappa shape index (κ1) is 25.2. The third-order valence-corrected chi connectivity index (χ3v) is 8.98. The van der Waals surface area contributed by atoms with E-state index in [-0.39, 0.29) is 5.92 Å². The summed E-state index contributed by atoms with van der Waals surface area (Å²) in [5, 5.41) is 12.4. The van der Waals surface area contributed by atoms with Crippen LogP contribution in [0.5, 0.6) is 0 Å². The summed E-state index contributed by atoms with van der Waals surface area (Å²) in [6.07, 6.45) is 3.68. The van der Waals surface area contributed by atoms with Crippen molar-refractivity contribution in [3.63, 3.8) is 0 Å².